The predicted molar refractivity (Wildman–Crippen MR) is 87.2 cm³/mol. The van der Waals surface area contributed by atoms with Crippen LogP contribution in [0.1, 0.15) is 34.7 Å². The highest BCUT2D eigenvalue weighted by atomic mass is 16.5. The zero-order chi connectivity index (χ0) is 17.1. The first-order chi connectivity index (χ1) is 11.7. The van der Waals surface area contributed by atoms with E-state index in [2.05, 4.69) is 10.5 Å². The van der Waals surface area contributed by atoms with Crippen LogP contribution in [0, 0.1) is 0 Å². The topological polar surface area (TPSA) is 82.8 Å². The Morgan fingerprint density at radius 3 is 2.38 bits per heavy atom. The summed E-state index contributed by atoms with van der Waals surface area (Å²) in [6.45, 7) is 0. The van der Waals surface area contributed by atoms with Crippen LogP contribution in [0.15, 0.2) is 16.7 Å². The number of benzene rings is 1. The predicted octanol–water partition coefficient (Wildman–Crippen LogP) is 2.83. The molecule has 7 heteroatoms. The molecule has 24 heavy (non-hydrogen) atoms. The molecule has 2 aromatic rings. The monoisotopic (exact) mass is 332 g/mol. The molecular weight excluding hydrogens is 312 g/mol. The molecule has 0 bridgehead atoms. The maximum absolute atomic E-state index is 12.6. The molecule has 0 saturated heterocycles. The minimum Gasteiger partial charge on any atom is -0.493 e. The fraction of sp³-hybridized carbons (Fsp3) is 0.412. The lowest BCUT2D eigenvalue weighted by Gasteiger charge is -2.14. The zero-order valence-electron chi connectivity index (χ0n) is 14.0. The fourth-order valence-corrected chi connectivity index (χ4v) is 2.91. The van der Waals surface area contributed by atoms with Gasteiger partial charge in [-0.15, -0.1) is 0 Å². The van der Waals surface area contributed by atoms with Crippen LogP contribution in [-0.2, 0) is 12.8 Å². The lowest BCUT2D eigenvalue weighted by Crippen LogP contribution is -2.16. The van der Waals surface area contributed by atoms with Gasteiger partial charge in [0.25, 0.3) is 5.91 Å². The molecule has 1 aliphatic rings. The van der Waals surface area contributed by atoms with E-state index in [1.54, 1.807) is 12.1 Å². The van der Waals surface area contributed by atoms with Crippen LogP contribution >= 0.6 is 0 Å². The normalized spacial score (nSPS) is 13.1. The number of carbonyl (C=O) groups is 1. The van der Waals surface area contributed by atoms with E-state index in [1.165, 1.54) is 21.3 Å². The van der Waals surface area contributed by atoms with Crippen LogP contribution in [0.2, 0.25) is 0 Å². The Morgan fingerprint density at radius 2 is 1.75 bits per heavy atom. The van der Waals surface area contributed by atoms with Gasteiger partial charge in [0.15, 0.2) is 17.2 Å². The summed E-state index contributed by atoms with van der Waals surface area (Å²) in [6, 6.07) is 3.34. The van der Waals surface area contributed by atoms with Crippen molar-refractivity contribution in [3.05, 3.63) is 29.2 Å². The van der Waals surface area contributed by atoms with Crippen LogP contribution in [0.4, 0.5) is 5.69 Å². The second-order valence-corrected chi connectivity index (χ2v) is 5.51. The summed E-state index contributed by atoms with van der Waals surface area (Å²) in [5.41, 5.74) is 1.78. The van der Waals surface area contributed by atoms with E-state index < -0.39 is 0 Å². The van der Waals surface area contributed by atoms with Gasteiger partial charge < -0.3 is 24.1 Å². The molecule has 1 heterocycles. The van der Waals surface area contributed by atoms with Gasteiger partial charge in [0.2, 0.25) is 5.75 Å². The van der Waals surface area contributed by atoms with Crippen molar-refractivity contribution in [2.75, 3.05) is 26.6 Å². The number of hydrogen-bond donors (Lipinski definition) is 1. The summed E-state index contributed by atoms with van der Waals surface area (Å²) in [5.74, 6) is 1.91. The third-order valence-electron chi connectivity index (χ3n) is 4.09. The molecule has 0 saturated carbocycles. The van der Waals surface area contributed by atoms with Crippen LogP contribution in [0.3, 0.4) is 0 Å². The third kappa shape index (κ3) is 2.89. The van der Waals surface area contributed by atoms with Gasteiger partial charge in [-0.2, -0.15) is 0 Å². The van der Waals surface area contributed by atoms with Gasteiger partial charge in [-0.05, 0) is 19.3 Å². The lowest BCUT2D eigenvalue weighted by molar-refractivity contribution is 0.101. The minimum atomic E-state index is -0.309. The Kier molecular flexibility index (Phi) is 4.59. The standard InChI is InChI=1S/C17H20N2O5/c1-21-13-8-10(9-14(22-2)16(13)23-3)18-17(20)15-11-6-4-5-7-12(11)24-19-15/h8-9H,4-7H2,1-3H3,(H,18,20). The summed E-state index contributed by atoms with van der Waals surface area (Å²) in [5, 5.41) is 6.76. The second-order valence-electron chi connectivity index (χ2n) is 5.51. The number of nitrogens with zero attached hydrogens (tertiary/aromatic N) is 1. The van der Waals surface area contributed by atoms with Crippen molar-refractivity contribution in [2.45, 2.75) is 25.7 Å². The first-order valence-electron chi connectivity index (χ1n) is 7.76. The van der Waals surface area contributed by atoms with E-state index >= 15 is 0 Å². The number of ether oxygens (including phenoxy) is 3. The largest absolute Gasteiger partial charge is 0.493 e. The highest BCUT2D eigenvalue weighted by Crippen LogP contribution is 2.40. The number of anilines is 1. The Morgan fingerprint density at radius 1 is 1.08 bits per heavy atom. The highest BCUT2D eigenvalue weighted by Gasteiger charge is 2.24. The molecule has 0 aliphatic heterocycles. The van der Waals surface area contributed by atoms with Gasteiger partial charge in [0, 0.05) is 29.8 Å². The molecule has 0 unspecified atom stereocenters. The maximum atomic E-state index is 12.6. The summed E-state index contributed by atoms with van der Waals surface area (Å²) in [6.07, 6.45) is 3.76. The van der Waals surface area contributed by atoms with E-state index in [0.29, 0.717) is 28.6 Å². The van der Waals surface area contributed by atoms with Crippen LogP contribution < -0.4 is 19.5 Å². The number of hydrogen-bond acceptors (Lipinski definition) is 6. The third-order valence-corrected chi connectivity index (χ3v) is 4.09. The number of aromatic nitrogens is 1. The zero-order valence-corrected chi connectivity index (χ0v) is 14.0. The van der Waals surface area contributed by atoms with Crippen molar-refractivity contribution in [1.82, 2.24) is 5.16 Å². The molecule has 1 aliphatic carbocycles. The van der Waals surface area contributed by atoms with E-state index in [0.717, 1.165) is 37.0 Å². The summed E-state index contributed by atoms with van der Waals surface area (Å²) >= 11 is 0. The maximum Gasteiger partial charge on any atom is 0.278 e. The van der Waals surface area contributed by atoms with E-state index in [1.807, 2.05) is 0 Å². The van der Waals surface area contributed by atoms with E-state index in [9.17, 15) is 4.79 Å². The van der Waals surface area contributed by atoms with E-state index in [4.69, 9.17) is 18.7 Å². The van der Waals surface area contributed by atoms with Crippen molar-refractivity contribution >= 4 is 11.6 Å². The molecule has 0 atom stereocenters. The van der Waals surface area contributed by atoms with E-state index in [-0.39, 0.29) is 5.91 Å². The molecule has 7 nitrogen and oxygen atoms in total. The Labute approximate surface area is 139 Å². The van der Waals surface area contributed by atoms with Gasteiger partial charge in [-0.25, -0.2) is 0 Å². The number of nitrogens with one attached hydrogen (secondary N) is 1. The first kappa shape index (κ1) is 16.2. The van der Waals surface area contributed by atoms with Gasteiger partial charge in [0.05, 0.1) is 21.3 Å². The highest BCUT2D eigenvalue weighted by molar-refractivity contribution is 6.04. The quantitative estimate of drug-likeness (QED) is 0.906. The van der Waals surface area contributed by atoms with Gasteiger partial charge in [-0.3, -0.25) is 4.79 Å². The van der Waals surface area contributed by atoms with Crippen molar-refractivity contribution in [3.8, 4) is 17.2 Å². The van der Waals surface area contributed by atoms with Crippen LogP contribution in [-0.4, -0.2) is 32.4 Å². The molecule has 0 radical (unpaired) electrons. The smallest absolute Gasteiger partial charge is 0.278 e. The Bertz CT molecular complexity index is 728. The number of carbonyl (C=O) groups excluding carboxylic acids is 1. The van der Waals surface area contributed by atoms with Gasteiger partial charge >= 0.3 is 0 Å². The average molecular weight is 332 g/mol. The van der Waals surface area contributed by atoms with Crippen molar-refractivity contribution in [3.63, 3.8) is 0 Å². The first-order valence-corrected chi connectivity index (χ1v) is 7.76. The molecule has 1 aromatic carbocycles. The molecule has 0 fully saturated rings. The number of aryl methyl sites for hydroxylation is 1. The Hall–Kier alpha value is -2.70. The lowest BCUT2D eigenvalue weighted by atomic mass is 9.96. The van der Waals surface area contributed by atoms with Crippen LogP contribution in [0.25, 0.3) is 0 Å². The van der Waals surface area contributed by atoms with Crippen molar-refractivity contribution in [2.24, 2.45) is 0 Å². The molecular formula is C17H20N2O5. The average Bonchev–Trinajstić information content (AvgIpc) is 3.05. The minimum absolute atomic E-state index is 0.309. The molecule has 0 spiro atoms. The number of fused-ring (bicyclic) bond motifs is 1. The molecule has 3 rings (SSSR count). The molecule has 1 amide bonds. The van der Waals surface area contributed by atoms with Crippen molar-refractivity contribution < 1.29 is 23.5 Å². The SMILES string of the molecule is COc1cc(NC(=O)c2noc3c2CCCC3)cc(OC)c1OC. The number of methoxy groups -OCH3 is 3. The molecule has 128 valence electrons. The molecule has 1 aromatic heterocycles. The van der Waals surface area contributed by atoms with Gasteiger partial charge in [-0.1, -0.05) is 5.16 Å². The molecule has 1 N–H and O–H groups in total. The summed E-state index contributed by atoms with van der Waals surface area (Å²) in [4.78, 5) is 12.6. The Balaban J connectivity index is 1.88. The number of rotatable bonds is 5. The second kappa shape index (κ2) is 6.82. The summed E-state index contributed by atoms with van der Waals surface area (Å²) in [7, 11) is 4.58. The summed E-state index contributed by atoms with van der Waals surface area (Å²) < 4.78 is 21.2. The fourth-order valence-electron chi connectivity index (χ4n) is 2.91. The number of amides is 1. The van der Waals surface area contributed by atoms with Crippen LogP contribution in [0.5, 0.6) is 17.2 Å². The van der Waals surface area contributed by atoms with Crippen molar-refractivity contribution in [1.29, 1.82) is 0 Å². The van der Waals surface area contributed by atoms with Gasteiger partial charge in [0.1, 0.15) is 5.76 Å².